The number of halogens is 3. The molecule has 0 aliphatic rings. The van der Waals surface area contributed by atoms with E-state index < -0.39 is 17.3 Å². The Bertz CT molecular complexity index is 1120. The van der Waals surface area contributed by atoms with Gasteiger partial charge in [-0.1, -0.05) is 6.07 Å². The highest BCUT2D eigenvalue weighted by molar-refractivity contribution is 5.78. The Hall–Kier alpha value is -3.17. The molecule has 0 saturated carbocycles. The number of hydrogen-bond donors (Lipinski definition) is 0. The standard InChI is InChI=1S/C20H22F3N5O2/c1-12(2)27(13(3)4)17(29)10-26-11-24-18-16(19(26)30)9-25-28(18)15-7-5-6-14(8-15)20(21,22)23/h5-9,11-13H,10H2,1-4H3. The van der Waals surface area contributed by atoms with Crippen molar-refractivity contribution in [3.05, 3.63) is 52.7 Å². The molecule has 3 rings (SSSR count). The molecule has 0 N–H and O–H groups in total. The van der Waals surface area contributed by atoms with Crippen molar-refractivity contribution >= 4 is 16.9 Å². The van der Waals surface area contributed by atoms with Gasteiger partial charge in [0.05, 0.1) is 17.4 Å². The van der Waals surface area contributed by atoms with Crippen LogP contribution in [0.25, 0.3) is 16.7 Å². The zero-order chi connectivity index (χ0) is 22.2. The number of fused-ring (bicyclic) bond motifs is 1. The summed E-state index contributed by atoms with van der Waals surface area (Å²) in [5, 5.41) is 4.15. The first-order chi connectivity index (χ1) is 14.0. The van der Waals surface area contributed by atoms with E-state index in [4.69, 9.17) is 0 Å². The lowest BCUT2D eigenvalue weighted by atomic mass is 10.2. The van der Waals surface area contributed by atoms with Gasteiger partial charge in [0.1, 0.15) is 18.3 Å². The quantitative estimate of drug-likeness (QED) is 0.634. The van der Waals surface area contributed by atoms with Crippen molar-refractivity contribution in [3.8, 4) is 5.69 Å². The molecular weight excluding hydrogens is 399 g/mol. The smallest absolute Gasteiger partial charge is 0.336 e. The van der Waals surface area contributed by atoms with Crippen LogP contribution in [0, 0.1) is 0 Å². The summed E-state index contributed by atoms with van der Waals surface area (Å²) in [5.74, 6) is -0.228. The van der Waals surface area contributed by atoms with Crippen molar-refractivity contribution in [2.24, 2.45) is 0 Å². The highest BCUT2D eigenvalue weighted by Gasteiger charge is 2.30. The van der Waals surface area contributed by atoms with E-state index in [-0.39, 0.29) is 41.3 Å². The molecule has 2 aromatic heterocycles. The Morgan fingerprint density at radius 3 is 2.43 bits per heavy atom. The molecule has 7 nitrogen and oxygen atoms in total. The van der Waals surface area contributed by atoms with E-state index in [1.54, 1.807) is 4.90 Å². The molecular formula is C20H22F3N5O2. The third-order valence-corrected chi connectivity index (χ3v) is 4.68. The second-order valence-electron chi connectivity index (χ2n) is 7.51. The van der Waals surface area contributed by atoms with Crippen LogP contribution in [0.5, 0.6) is 0 Å². The first-order valence-corrected chi connectivity index (χ1v) is 9.42. The molecule has 0 spiro atoms. The lowest BCUT2D eigenvalue weighted by molar-refractivity contribution is -0.137. The van der Waals surface area contributed by atoms with Crippen molar-refractivity contribution in [1.82, 2.24) is 24.2 Å². The molecule has 10 heteroatoms. The van der Waals surface area contributed by atoms with Crippen LogP contribution in [0.1, 0.15) is 33.3 Å². The molecule has 0 bridgehead atoms. The lowest BCUT2D eigenvalue weighted by Gasteiger charge is -2.30. The van der Waals surface area contributed by atoms with Gasteiger partial charge in [-0.2, -0.15) is 18.3 Å². The molecule has 1 aromatic carbocycles. The normalized spacial score (nSPS) is 12.2. The minimum absolute atomic E-state index is 0.0337. The number of carbonyl (C=O) groups is 1. The minimum atomic E-state index is -4.50. The summed E-state index contributed by atoms with van der Waals surface area (Å²) in [4.78, 5) is 31.3. The topological polar surface area (TPSA) is 73.0 Å². The molecule has 160 valence electrons. The zero-order valence-electron chi connectivity index (χ0n) is 17.0. The van der Waals surface area contributed by atoms with E-state index in [1.165, 1.54) is 33.9 Å². The van der Waals surface area contributed by atoms with Gasteiger partial charge in [0.25, 0.3) is 5.56 Å². The second kappa shape index (κ2) is 7.92. The van der Waals surface area contributed by atoms with Crippen LogP contribution in [-0.2, 0) is 17.5 Å². The largest absolute Gasteiger partial charge is 0.416 e. The number of benzene rings is 1. The highest BCUT2D eigenvalue weighted by Crippen LogP contribution is 2.30. The number of hydrogen-bond acceptors (Lipinski definition) is 4. The Morgan fingerprint density at radius 1 is 1.17 bits per heavy atom. The van der Waals surface area contributed by atoms with Crippen molar-refractivity contribution in [2.75, 3.05) is 0 Å². The number of rotatable bonds is 5. The second-order valence-corrected chi connectivity index (χ2v) is 7.51. The third kappa shape index (κ3) is 4.07. The monoisotopic (exact) mass is 421 g/mol. The molecule has 30 heavy (non-hydrogen) atoms. The van der Waals surface area contributed by atoms with E-state index in [0.29, 0.717) is 0 Å². The molecule has 0 unspecified atom stereocenters. The van der Waals surface area contributed by atoms with Crippen LogP contribution in [0.3, 0.4) is 0 Å². The van der Waals surface area contributed by atoms with Crippen LogP contribution >= 0.6 is 0 Å². The van der Waals surface area contributed by atoms with Gasteiger partial charge in [0.15, 0.2) is 5.65 Å². The van der Waals surface area contributed by atoms with Gasteiger partial charge in [0, 0.05) is 12.1 Å². The van der Waals surface area contributed by atoms with E-state index in [9.17, 15) is 22.8 Å². The van der Waals surface area contributed by atoms with E-state index >= 15 is 0 Å². The Kier molecular flexibility index (Phi) is 5.69. The maximum Gasteiger partial charge on any atom is 0.416 e. The molecule has 2 heterocycles. The summed E-state index contributed by atoms with van der Waals surface area (Å²) >= 11 is 0. The van der Waals surface area contributed by atoms with Gasteiger partial charge in [-0.05, 0) is 45.9 Å². The fourth-order valence-electron chi connectivity index (χ4n) is 3.46. The highest BCUT2D eigenvalue weighted by atomic mass is 19.4. The van der Waals surface area contributed by atoms with Gasteiger partial charge < -0.3 is 4.90 Å². The molecule has 0 radical (unpaired) electrons. The van der Waals surface area contributed by atoms with Gasteiger partial charge >= 0.3 is 6.18 Å². The molecule has 0 aliphatic carbocycles. The summed E-state index contributed by atoms with van der Waals surface area (Å²) in [7, 11) is 0. The molecule has 0 aliphatic heterocycles. The average molecular weight is 421 g/mol. The maximum absolute atomic E-state index is 13.0. The van der Waals surface area contributed by atoms with Crippen LogP contribution in [0.15, 0.2) is 41.6 Å². The molecule has 0 saturated heterocycles. The predicted molar refractivity (Wildman–Crippen MR) is 105 cm³/mol. The van der Waals surface area contributed by atoms with Crippen molar-refractivity contribution in [1.29, 1.82) is 0 Å². The summed E-state index contributed by atoms with van der Waals surface area (Å²) in [6.45, 7) is 7.37. The maximum atomic E-state index is 13.0. The first kappa shape index (κ1) is 21.5. The number of amides is 1. The van der Waals surface area contributed by atoms with Crippen LogP contribution in [0.2, 0.25) is 0 Å². The predicted octanol–water partition coefficient (Wildman–Crippen LogP) is 3.25. The molecule has 1 amide bonds. The van der Waals surface area contributed by atoms with E-state index in [2.05, 4.69) is 10.1 Å². The number of carbonyl (C=O) groups excluding carboxylic acids is 1. The van der Waals surface area contributed by atoms with Gasteiger partial charge in [0.2, 0.25) is 5.91 Å². The zero-order valence-corrected chi connectivity index (χ0v) is 17.0. The lowest BCUT2D eigenvalue weighted by Crippen LogP contribution is -2.44. The summed E-state index contributed by atoms with van der Waals surface area (Å²) < 4.78 is 41.4. The number of aromatic nitrogens is 4. The Labute approximate surface area is 170 Å². The average Bonchev–Trinajstić information content (AvgIpc) is 3.07. The number of alkyl halides is 3. The van der Waals surface area contributed by atoms with Crippen LogP contribution < -0.4 is 5.56 Å². The summed E-state index contributed by atoms with van der Waals surface area (Å²) in [6.07, 6.45) is -2.04. The fourth-order valence-corrected chi connectivity index (χ4v) is 3.46. The minimum Gasteiger partial charge on any atom is -0.336 e. The van der Waals surface area contributed by atoms with Crippen molar-refractivity contribution in [3.63, 3.8) is 0 Å². The van der Waals surface area contributed by atoms with Crippen LogP contribution in [0.4, 0.5) is 13.2 Å². The van der Waals surface area contributed by atoms with Gasteiger partial charge in [-0.25, -0.2) is 9.67 Å². The van der Waals surface area contributed by atoms with E-state index in [1.807, 2.05) is 27.7 Å². The van der Waals surface area contributed by atoms with Gasteiger partial charge in [-0.3, -0.25) is 14.2 Å². The first-order valence-electron chi connectivity index (χ1n) is 9.42. The van der Waals surface area contributed by atoms with Crippen molar-refractivity contribution in [2.45, 2.75) is 52.5 Å². The molecule has 3 aromatic rings. The fraction of sp³-hybridized carbons (Fsp3) is 0.400. The third-order valence-electron chi connectivity index (χ3n) is 4.68. The van der Waals surface area contributed by atoms with Crippen molar-refractivity contribution < 1.29 is 18.0 Å². The Morgan fingerprint density at radius 2 is 1.83 bits per heavy atom. The Balaban J connectivity index is 1.99. The number of nitrogens with zero attached hydrogens (tertiary/aromatic N) is 5. The van der Waals surface area contributed by atoms with Gasteiger partial charge in [-0.15, -0.1) is 0 Å². The molecule has 0 fully saturated rings. The van der Waals surface area contributed by atoms with E-state index in [0.717, 1.165) is 12.1 Å². The summed E-state index contributed by atoms with van der Waals surface area (Å²) in [5.41, 5.74) is -1.07. The van der Waals surface area contributed by atoms with Crippen LogP contribution in [-0.4, -0.2) is 42.2 Å². The summed E-state index contributed by atoms with van der Waals surface area (Å²) in [6, 6.07) is 4.53. The molecule has 0 atom stereocenters. The SMILES string of the molecule is CC(C)N(C(=O)Cn1cnc2c(cnn2-c2cccc(C(F)(F)F)c2)c1=O)C(C)C.